The fourth-order valence-electron chi connectivity index (χ4n) is 0. The van der Waals surface area contributed by atoms with E-state index in [9.17, 15) is 0 Å². The molecule has 0 aromatic heterocycles. The van der Waals surface area contributed by atoms with E-state index in [0.717, 1.165) is 0 Å². The second kappa shape index (κ2) is 7.09. The fraction of sp³-hybridized carbons (Fsp3) is 0. The van der Waals surface area contributed by atoms with Crippen LogP contribution in [0.5, 0.6) is 0 Å². The maximum Gasteiger partial charge on any atom is 2.00 e. The minimum atomic E-state index is -5.94. The molecule has 0 amide bonds. The number of halogens is 2. The van der Waals surface area contributed by atoms with Crippen LogP contribution in [0.15, 0.2) is 0 Å². The second-order valence-corrected chi connectivity index (χ2v) is 5.07. The minimum Gasteiger partial charge on any atom is -0.286 e. The van der Waals surface area contributed by atoms with E-state index in [2.05, 4.69) is 0 Å². The maximum atomic E-state index is 8.62. The average Bonchev–Trinajstić information content (AvgIpc) is 1.12. The summed E-state index contributed by atoms with van der Waals surface area (Å²) in [5.41, 5.74) is 0. The van der Waals surface area contributed by atoms with Gasteiger partial charge in [0.05, 0.1) is 0 Å². The molecule has 0 aliphatic rings. The molecule has 0 fully saturated rings. The van der Waals surface area contributed by atoms with Gasteiger partial charge >= 0.3 is 16.8 Å². The Morgan fingerprint density at radius 1 is 0.455 bits per heavy atom. The summed E-state index contributed by atoms with van der Waals surface area (Å²) in [4.78, 5) is 0. The summed E-state index contributed by atoms with van der Waals surface area (Å²) in [5.74, 6) is 0. The van der Waals surface area contributed by atoms with Crippen molar-refractivity contribution in [3.05, 3.63) is 0 Å². The van der Waals surface area contributed by atoms with Gasteiger partial charge < -0.3 is 0 Å². The molecule has 0 rings (SSSR count). The Labute approximate surface area is 83.7 Å². The molecule has 11 heavy (non-hydrogen) atoms. The molecule has 0 aliphatic heterocycles. The van der Waals surface area contributed by atoms with Crippen molar-refractivity contribution in [3.63, 3.8) is 0 Å². The Morgan fingerprint density at radius 2 is 0.455 bits per heavy atom. The molecule has 0 saturated heterocycles. The summed E-state index contributed by atoms with van der Waals surface area (Å²) >= 11 is -11.9. The summed E-state index contributed by atoms with van der Waals surface area (Å²) in [6.07, 6.45) is 0. The molecular formula is CoI2O8. The van der Waals surface area contributed by atoms with Crippen molar-refractivity contribution in [2.75, 3.05) is 0 Å². The first-order valence-electron chi connectivity index (χ1n) is 1.23. The first-order chi connectivity index (χ1) is 4.00. The summed E-state index contributed by atoms with van der Waals surface area (Å²) in [6, 6.07) is 0. The van der Waals surface area contributed by atoms with E-state index in [4.69, 9.17) is 27.5 Å². The van der Waals surface area contributed by atoms with Crippen LogP contribution >= 0.6 is 0 Å². The van der Waals surface area contributed by atoms with Crippen LogP contribution in [0.3, 0.4) is 0 Å². The Hall–Kier alpha value is 1.65. The van der Waals surface area contributed by atoms with Crippen LogP contribution in [0.2, 0.25) is 0 Å². The quantitative estimate of drug-likeness (QED) is 0.332. The third-order valence-corrected chi connectivity index (χ3v) is 0. The standard InChI is InChI=1S/Co.2IO4/c;2*2-1(3,4)5/q+2;2*-1. The van der Waals surface area contributed by atoms with Crippen molar-refractivity contribution < 1.29 is 84.5 Å². The van der Waals surface area contributed by atoms with E-state index in [1.165, 1.54) is 0 Å². The predicted octanol–water partition coefficient (Wildman–Crippen LogP) is -15.5. The summed E-state index contributed by atoms with van der Waals surface area (Å²) < 4.78 is 68.9. The Bertz CT molecular complexity index is 55.1. The molecule has 0 unspecified atom stereocenters. The van der Waals surface area contributed by atoms with Gasteiger partial charge in [-0.3, -0.25) is 27.5 Å². The van der Waals surface area contributed by atoms with Crippen LogP contribution in [0.4, 0.5) is 0 Å². The number of hydrogen-bond donors (Lipinski definition) is 0. The molecule has 0 heterocycles. The molecule has 0 N–H and O–H groups in total. The second-order valence-electron chi connectivity index (χ2n) is 0.756. The van der Waals surface area contributed by atoms with Gasteiger partial charge in [-0.1, -0.05) is 0 Å². The normalized spacial score (nSPS) is 10.9. The van der Waals surface area contributed by atoms with E-state index in [1.54, 1.807) is 0 Å². The molecule has 1 radical (unpaired) electrons. The number of hydrogen-bond acceptors (Lipinski definition) is 8. The van der Waals surface area contributed by atoms with Crippen molar-refractivity contribution in [1.29, 1.82) is 0 Å². The van der Waals surface area contributed by atoms with E-state index in [0.29, 0.717) is 0 Å². The Morgan fingerprint density at radius 3 is 0.455 bits per heavy atom. The van der Waals surface area contributed by atoms with Gasteiger partial charge in [0.25, 0.3) is 0 Å². The zero-order valence-corrected chi connectivity index (χ0v) is 9.71. The van der Waals surface area contributed by atoms with Crippen LogP contribution in [0.1, 0.15) is 0 Å². The molecule has 11 heteroatoms. The zero-order valence-electron chi connectivity index (χ0n) is 4.36. The molecular weight excluding hydrogens is 441 g/mol. The van der Waals surface area contributed by atoms with E-state index in [1.807, 2.05) is 0 Å². The van der Waals surface area contributed by atoms with Gasteiger partial charge in [0.2, 0.25) is 0 Å². The van der Waals surface area contributed by atoms with Gasteiger partial charge in [0, 0.05) is 0 Å². The summed E-state index contributed by atoms with van der Waals surface area (Å²) in [7, 11) is 0. The van der Waals surface area contributed by atoms with E-state index >= 15 is 0 Å². The molecule has 8 nitrogen and oxygen atoms in total. The third kappa shape index (κ3) is 400. The third-order valence-electron chi connectivity index (χ3n) is 0. The average molecular weight is 441 g/mol. The van der Waals surface area contributed by atoms with Crippen molar-refractivity contribution in [2.45, 2.75) is 0 Å². The van der Waals surface area contributed by atoms with Crippen LogP contribution in [-0.2, 0) is 16.8 Å². The molecule has 0 aromatic rings. The first-order valence-corrected chi connectivity index (χ1v) is 8.28. The molecule has 0 spiro atoms. The van der Waals surface area contributed by atoms with Crippen LogP contribution in [0.25, 0.3) is 0 Å². The SMILES string of the molecule is [Co+2].[O-][I+3]([O-])([O-])[O-].[O-][I+3]([O-])([O-])[O-]. The van der Waals surface area contributed by atoms with E-state index in [-0.39, 0.29) is 16.8 Å². The Kier molecular flexibility index (Phi) is 11.9. The topological polar surface area (TPSA) is 184 Å². The van der Waals surface area contributed by atoms with Crippen LogP contribution < -0.4 is 67.7 Å². The van der Waals surface area contributed by atoms with Crippen LogP contribution in [0, 0.1) is 0 Å². The predicted molar refractivity (Wildman–Crippen MR) is 0 cm³/mol. The molecule has 71 valence electrons. The van der Waals surface area contributed by atoms with Gasteiger partial charge in [0.15, 0.2) is 0 Å². The first kappa shape index (κ1) is 18.4. The summed E-state index contributed by atoms with van der Waals surface area (Å²) in [5, 5.41) is 0. The van der Waals surface area contributed by atoms with Crippen molar-refractivity contribution >= 4 is 0 Å². The van der Waals surface area contributed by atoms with Crippen molar-refractivity contribution in [1.82, 2.24) is 0 Å². The fourth-order valence-corrected chi connectivity index (χ4v) is 0. The zero-order chi connectivity index (χ0) is 9.00. The number of rotatable bonds is 0. The maximum absolute atomic E-state index is 8.62. The van der Waals surface area contributed by atoms with E-state index < -0.39 is 40.2 Å². The van der Waals surface area contributed by atoms with Gasteiger partial charge in [-0.05, 0) is 0 Å². The molecule has 0 saturated carbocycles. The monoisotopic (exact) mass is 441 g/mol. The smallest absolute Gasteiger partial charge is 0.286 e. The molecule has 0 atom stereocenters. The molecule has 0 aliphatic carbocycles. The minimum absolute atomic E-state index is 0. The largest absolute Gasteiger partial charge is 2.00 e. The van der Waals surface area contributed by atoms with Crippen LogP contribution in [-0.4, -0.2) is 0 Å². The molecule has 0 bridgehead atoms. The van der Waals surface area contributed by atoms with Crippen molar-refractivity contribution in [3.8, 4) is 0 Å². The Balaban J connectivity index is -0.000000107. The van der Waals surface area contributed by atoms with Gasteiger partial charge in [-0.2, -0.15) is 0 Å². The van der Waals surface area contributed by atoms with Gasteiger partial charge in [-0.25, -0.2) is 0 Å². The molecule has 0 aromatic carbocycles. The summed E-state index contributed by atoms with van der Waals surface area (Å²) in [6.45, 7) is 0. The van der Waals surface area contributed by atoms with Crippen molar-refractivity contribution in [2.24, 2.45) is 0 Å². The van der Waals surface area contributed by atoms with Gasteiger partial charge in [0.1, 0.15) is 40.2 Å². The van der Waals surface area contributed by atoms with Gasteiger partial charge in [-0.15, -0.1) is 0 Å².